The Labute approximate surface area is 112 Å². The summed E-state index contributed by atoms with van der Waals surface area (Å²) in [5.74, 6) is 1.17. The molecular weight excluding hydrogens is 246 g/mol. The van der Waals surface area contributed by atoms with E-state index in [-0.39, 0.29) is 5.91 Å². The van der Waals surface area contributed by atoms with Crippen molar-refractivity contribution in [1.82, 2.24) is 15.6 Å². The molecule has 1 aromatic rings. The van der Waals surface area contributed by atoms with E-state index in [1.807, 2.05) is 11.6 Å². The topological polar surface area (TPSA) is 54.0 Å². The third kappa shape index (κ3) is 4.07. The molecule has 2 N–H and O–H groups in total. The smallest absolute Gasteiger partial charge is 0.220 e. The second-order valence-electron chi connectivity index (χ2n) is 4.97. The lowest BCUT2D eigenvalue weighted by molar-refractivity contribution is -0.121. The Kier molecular flexibility index (Phi) is 5.13. The van der Waals surface area contributed by atoms with Gasteiger partial charge in [-0.05, 0) is 31.8 Å². The molecule has 1 amide bonds. The first kappa shape index (κ1) is 13.5. The van der Waals surface area contributed by atoms with Crippen molar-refractivity contribution in [2.45, 2.75) is 32.1 Å². The molecule has 1 fully saturated rings. The van der Waals surface area contributed by atoms with Crippen LogP contribution < -0.4 is 10.6 Å². The van der Waals surface area contributed by atoms with Gasteiger partial charge in [0, 0.05) is 30.5 Å². The molecular formula is C13H21N3OS. The first-order valence-electron chi connectivity index (χ1n) is 6.62. The highest BCUT2D eigenvalue weighted by atomic mass is 32.1. The number of rotatable bonds is 6. The van der Waals surface area contributed by atoms with Gasteiger partial charge in [-0.2, -0.15) is 0 Å². The van der Waals surface area contributed by atoms with E-state index in [1.165, 1.54) is 6.42 Å². The van der Waals surface area contributed by atoms with Crippen LogP contribution in [-0.2, 0) is 4.79 Å². The maximum absolute atomic E-state index is 11.7. The molecule has 100 valence electrons. The number of carbonyl (C=O) groups excluding carboxylic acids is 1. The molecule has 0 radical (unpaired) electrons. The van der Waals surface area contributed by atoms with E-state index < -0.39 is 0 Å². The number of hydrogen-bond acceptors (Lipinski definition) is 4. The van der Waals surface area contributed by atoms with Crippen LogP contribution >= 0.6 is 11.3 Å². The zero-order chi connectivity index (χ0) is 12.8. The molecule has 2 heterocycles. The quantitative estimate of drug-likeness (QED) is 0.825. The van der Waals surface area contributed by atoms with E-state index in [4.69, 9.17) is 0 Å². The van der Waals surface area contributed by atoms with Gasteiger partial charge in [0.05, 0.1) is 5.01 Å². The van der Waals surface area contributed by atoms with Crippen molar-refractivity contribution in [3.8, 4) is 0 Å². The average molecular weight is 267 g/mol. The largest absolute Gasteiger partial charge is 0.355 e. The lowest BCUT2D eigenvalue weighted by Crippen LogP contribution is -2.27. The van der Waals surface area contributed by atoms with Crippen molar-refractivity contribution in [2.75, 3.05) is 19.6 Å². The summed E-state index contributed by atoms with van der Waals surface area (Å²) in [7, 11) is 0. The zero-order valence-corrected chi connectivity index (χ0v) is 11.6. The Morgan fingerprint density at radius 2 is 2.61 bits per heavy atom. The monoisotopic (exact) mass is 267 g/mol. The summed E-state index contributed by atoms with van der Waals surface area (Å²) in [5.41, 5.74) is 0. The second-order valence-corrected chi connectivity index (χ2v) is 5.90. The van der Waals surface area contributed by atoms with Crippen LogP contribution in [0.3, 0.4) is 0 Å². The van der Waals surface area contributed by atoms with E-state index >= 15 is 0 Å². The predicted octanol–water partition coefficient (Wildman–Crippen LogP) is 1.75. The Morgan fingerprint density at radius 3 is 3.28 bits per heavy atom. The Hall–Kier alpha value is -0.940. The fourth-order valence-corrected chi connectivity index (χ4v) is 2.92. The van der Waals surface area contributed by atoms with Crippen molar-refractivity contribution in [2.24, 2.45) is 5.92 Å². The summed E-state index contributed by atoms with van der Waals surface area (Å²) in [4.78, 5) is 16.0. The Balaban J connectivity index is 1.62. The third-order valence-electron chi connectivity index (χ3n) is 3.42. The molecule has 0 aliphatic carbocycles. The number of hydrogen-bond donors (Lipinski definition) is 2. The zero-order valence-electron chi connectivity index (χ0n) is 10.8. The Bertz CT molecular complexity index is 360. The molecule has 2 rings (SSSR count). The van der Waals surface area contributed by atoms with Gasteiger partial charge in [-0.3, -0.25) is 4.79 Å². The minimum atomic E-state index is 0.172. The number of carbonyl (C=O) groups is 1. The van der Waals surface area contributed by atoms with Gasteiger partial charge in [-0.1, -0.05) is 6.92 Å². The van der Waals surface area contributed by atoms with E-state index in [9.17, 15) is 4.79 Å². The molecule has 1 aliphatic rings. The van der Waals surface area contributed by atoms with Crippen molar-refractivity contribution in [1.29, 1.82) is 0 Å². The summed E-state index contributed by atoms with van der Waals surface area (Å²) < 4.78 is 0. The molecule has 0 bridgehead atoms. The summed E-state index contributed by atoms with van der Waals surface area (Å²) in [5, 5.41) is 9.39. The standard InChI is InChI=1S/C13H21N3OS/c1-10(13-15-6-7-18-13)8-16-12(17)3-2-11-4-5-14-9-11/h6-7,10-11,14H,2-5,8-9H2,1H3,(H,16,17). The van der Waals surface area contributed by atoms with Crippen molar-refractivity contribution in [3.63, 3.8) is 0 Å². The fourth-order valence-electron chi connectivity index (χ4n) is 2.22. The summed E-state index contributed by atoms with van der Waals surface area (Å²) in [6.07, 6.45) is 4.68. The minimum absolute atomic E-state index is 0.172. The van der Waals surface area contributed by atoms with Crippen molar-refractivity contribution in [3.05, 3.63) is 16.6 Å². The molecule has 4 nitrogen and oxygen atoms in total. The van der Waals surface area contributed by atoms with Gasteiger partial charge in [0.25, 0.3) is 0 Å². The van der Waals surface area contributed by atoms with Gasteiger partial charge >= 0.3 is 0 Å². The van der Waals surface area contributed by atoms with Crippen LogP contribution in [-0.4, -0.2) is 30.5 Å². The Morgan fingerprint density at radius 1 is 1.72 bits per heavy atom. The molecule has 1 saturated heterocycles. The highest BCUT2D eigenvalue weighted by Crippen LogP contribution is 2.17. The van der Waals surface area contributed by atoms with Gasteiger partial charge in [-0.25, -0.2) is 4.98 Å². The predicted molar refractivity (Wildman–Crippen MR) is 73.7 cm³/mol. The van der Waals surface area contributed by atoms with Crippen molar-refractivity contribution < 1.29 is 4.79 Å². The van der Waals surface area contributed by atoms with E-state index in [2.05, 4.69) is 22.5 Å². The van der Waals surface area contributed by atoms with Gasteiger partial charge < -0.3 is 10.6 Å². The molecule has 0 aromatic carbocycles. The first-order valence-corrected chi connectivity index (χ1v) is 7.50. The van der Waals surface area contributed by atoms with E-state index in [0.29, 0.717) is 24.8 Å². The number of nitrogens with one attached hydrogen (secondary N) is 2. The molecule has 1 aromatic heterocycles. The van der Waals surface area contributed by atoms with Crippen LogP contribution in [0.5, 0.6) is 0 Å². The normalized spacial score (nSPS) is 20.8. The van der Waals surface area contributed by atoms with E-state index in [1.54, 1.807) is 11.3 Å². The summed E-state index contributed by atoms with van der Waals surface area (Å²) >= 11 is 1.65. The van der Waals surface area contributed by atoms with Crippen molar-refractivity contribution >= 4 is 17.2 Å². The van der Waals surface area contributed by atoms with Crippen LogP contribution in [0.2, 0.25) is 0 Å². The van der Waals surface area contributed by atoms with Crippen LogP contribution in [0.4, 0.5) is 0 Å². The second kappa shape index (κ2) is 6.85. The lowest BCUT2D eigenvalue weighted by atomic mass is 10.0. The van der Waals surface area contributed by atoms with Gasteiger partial charge in [-0.15, -0.1) is 11.3 Å². The maximum atomic E-state index is 11.7. The molecule has 1 aliphatic heterocycles. The first-order chi connectivity index (χ1) is 8.75. The van der Waals surface area contributed by atoms with Crippen LogP contribution in [0.25, 0.3) is 0 Å². The van der Waals surface area contributed by atoms with Crippen LogP contribution in [0.15, 0.2) is 11.6 Å². The van der Waals surface area contributed by atoms with Crippen LogP contribution in [0, 0.1) is 5.92 Å². The fraction of sp³-hybridized carbons (Fsp3) is 0.692. The van der Waals surface area contributed by atoms with E-state index in [0.717, 1.165) is 24.5 Å². The highest BCUT2D eigenvalue weighted by Gasteiger charge is 2.16. The molecule has 18 heavy (non-hydrogen) atoms. The summed E-state index contributed by atoms with van der Waals surface area (Å²) in [6, 6.07) is 0. The third-order valence-corrected chi connectivity index (χ3v) is 4.43. The number of nitrogens with zero attached hydrogens (tertiary/aromatic N) is 1. The van der Waals surface area contributed by atoms with Gasteiger partial charge in [0.15, 0.2) is 0 Å². The number of thiazole rings is 1. The van der Waals surface area contributed by atoms with Crippen LogP contribution in [0.1, 0.15) is 37.1 Å². The molecule has 5 heteroatoms. The number of aromatic nitrogens is 1. The lowest BCUT2D eigenvalue weighted by Gasteiger charge is -2.11. The summed E-state index contributed by atoms with van der Waals surface area (Å²) in [6.45, 7) is 4.96. The van der Waals surface area contributed by atoms with Gasteiger partial charge in [0.1, 0.15) is 0 Å². The molecule has 0 spiro atoms. The minimum Gasteiger partial charge on any atom is -0.355 e. The van der Waals surface area contributed by atoms with Gasteiger partial charge in [0.2, 0.25) is 5.91 Å². The average Bonchev–Trinajstić information content (AvgIpc) is 3.05. The SMILES string of the molecule is CC(CNC(=O)CCC1CCNC1)c1nccs1. The highest BCUT2D eigenvalue weighted by molar-refractivity contribution is 7.09. The number of amides is 1. The molecule has 2 unspecified atom stereocenters. The molecule has 2 atom stereocenters. The maximum Gasteiger partial charge on any atom is 0.220 e. The molecule has 0 saturated carbocycles.